The first kappa shape index (κ1) is 19.5. The fourth-order valence-corrected chi connectivity index (χ4v) is 6.26. The first-order valence-corrected chi connectivity index (χ1v) is 16.3. The van der Waals surface area contributed by atoms with Crippen LogP contribution in [0.4, 0.5) is 0 Å². The number of halogens is 2. The van der Waals surface area contributed by atoms with Crippen LogP contribution < -0.4 is 0 Å². The van der Waals surface area contributed by atoms with Crippen molar-refractivity contribution in [3.05, 3.63) is 29.3 Å². The van der Waals surface area contributed by atoms with Gasteiger partial charge < -0.3 is 5.11 Å². The average Bonchev–Trinajstić information content (AvgIpc) is 2.54. The number of phenolic OH excluding ortho intramolecular Hbond substituents is 1. The quantitative estimate of drug-likeness (QED) is 0.523. The molecular formula is C21H27Cl2NOZr. The van der Waals surface area contributed by atoms with Crippen LogP contribution >= 0.6 is 17.0 Å². The summed E-state index contributed by atoms with van der Waals surface area (Å²) in [5.41, 5.74) is 2.43. The molecule has 26 heavy (non-hydrogen) atoms. The monoisotopic (exact) mass is 469 g/mol. The standard InChI is InChI=1S/C21H27NO.2ClH.Zr/c23-20-17(13-22-18-4-2-5-18)3-1-6-19(20)21-10-14-7-15(11-21)9-16(8-14)12-21;;;/h1,3,6,13-16,18,23H,2,4-5,7-12H2;2*1H;/q;;;+2/p-2. The summed E-state index contributed by atoms with van der Waals surface area (Å²) in [6.45, 7) is 0. The molecule has 5 aliphatic rings. The van der Waals surface area contributed by atoms with Gasteiger partial charge in [-0.25, -0.2) is 0 Å². The second kappa shape index (κ2) is 8.26. The van der Waals surface area contributed by atoms with Crippen LogP contribution in [0.25, 0.3) is 0 Å². The summed E-state index contributed by atoms with van der Waals surface area (Å²) in [6.07, 6.45) is 13.9. The van der Waals surface area contributed by atoms with E-state index in [0.29, 0.717) is 11.8 Å². The fourth-order valence-electron chi connectivity index (χ4n) is 6.26. The molecule has 1 aromatic rings. The van der Waals surface area contributed by atoms with Gasteiger partial charge in [-0.15, -0.1) is 0 Å². The Hall–Kier alpha value is 0.153. The maximum atomic E-state index is 11.0. The maximum absolute atomic E-state index is 11.0. The van der Waals surface area contributed by atoms with E-state index in [1.54, 1.807) is 0 Å². The van der Waals surface area contributed by atoms with Crippen molar-refractivity contribution in [3.8, 4) is 5.75 Å². The number of para-hydroxylation sites is 1. The van der Waals surface area contributed by atoms with Gasteiger partial charge in [0.1, 0.15) is 5.75 Å². The molecule has 0 unspecified atom stereocenters. The molecule has 2 nitrogen and oxygen atoms in total. The van der Waals surface area contributed by atoms with Gasteiger partial charge in [-0.1, -0.05) is 12.1 Å². The molecule has 0 saturated heterocycles. The molecule has 6 rings (SSSR count). The van der Waals surface area contributed by atoms with E-state index < -0.39 is 20.8 Å². The summed E-state index contributed by atoms with van der Waals surface area (Å²) >= 11 is -0.826. The van der Waals surface area contributed by atoms with Crippen LogP contribution in [-0.2, 0) is 26.3 Å². The van der Waals surface area contributed by atoms with Crippen LogP contribution in [0.5, 0.6) is 5.75 Å². The Morgan fingerprint density at radius 1 is 1.04 bits per heavy atom. The van der Waals surface area contributed by atoms with E-state index >= 15 is 0 Å². The molecule has 5 saturated carbocycles. The fraction of sp³-hybridized carbons (Fsp3) is 0.667. The first-order chi connectivity index (χ1) is 12.6. The van der Waals surface area contributed by atoms with Gasteiger partial charge in [0.2, 0.25) is 0 Å². The molecular weight excluding hydrogens is 444 g/mol. The van der Waals surface area contributed by atoms with Crippen LogP contribution in [0.15, 0.2) is 23.2 Å². The molecule has 0 heterocycles. The van der Waals surface area contributed by atoms with Crippen LogP contribution in [-0.4, -0.2) is 17.4 Å². The summed E-state index contributed by atoms with van der Waals surface area (Å²) in [5.74, 6) is 3.26. The number of nitrogens with zero attached hydrogens (tertiary/aromatic N) is 1. The van der Waals surface area contributed by atoms with Gasteiger partial charge in [-0.3, -0.25) is 4.99 Å². The van der Waals surface area contributed by atoms with Crippen LogP contribution in [0.2, 0.25) is 0 Å². The summed E-state index contributed by atoms with van der Waals surface area (Å²) in [5, 5.41) is 11.0. The Kier molecular flexibility index (Phi) is 6.18. The molecule has 0 aromatic heterocycles. The Bertz CT molecular complexity index is 639. The molecule has 0 atom stereocenters. The van der Waals surface area contributed by atoms with Crippen LogP contribution in [0.3, 0.4) is 0 Å². The number of hydrogen-bond acceptors (Lipinski definition) is 2. The normalized spacial score (nSPS) is 35.1. The zero-order chi connectivity index (χ0) is 18.1. The van der Waals surface area contributed by atoms with Gasteiger partial charge in [0.25, 0.3) is 0 Å². The summed E-state index contributed by atoms with van der Waals surface area (Å²) in [4.78, 5) is 4.66. The molecule has 0 aliphatic heterocycles. The van der Waals surface area contributed by atoms with Gasteiger partial charge in [-0.05, 0) is 87.0 Å². The zero-order valence-electron chi connectivity index (χ0n) is 15.1. The van der Waals surface area contributed by atoms with Crippen molar-refractivity contribution in [2.75, 3.05) is 0 Å². The van der Waals surface area contributed by atoms with E-state index in [-0.39, 0.29) is 5.41 Å². The van der Waals surface area contributed by atoms with Gasteiger partial charge in [0.15, 0.2) is 0 Å². The molecule has 5 heteroatoms. The predicted octanol–water partition coefficient (Wildman–Crippen LogP) is 6.21. The van der Waals surface area contributed by atoms with E-state index in [1.165, 1.54) is 63.4 Å². The van der Waals surface area contributed by atoms with Crippen LogP contribution in [0.1, 0.15) is 68.9 Å². The van der Waals surface area contributed by atoms with Crippen molar-refractivity contribution in [2.45, 2.75) is 69.2 Å². The Morgan fingerprint density at radius 3 is 2.12 bits per heavy atom. The number of phenols is 1. The third kappa shape index (κ3) is 3.83. The molecule has 140 valence electrons. The first-order valence-electron chi connectivity index (χ1n) is 9.95. The van der Waals surface area contributed by atoms with Crippen molar-refractivity contribution in [1.29, 1.82) is 0 Å². The van der Waals surface area contributed by atoms with Gasteiger partial charge in [0, 0.05) is 23.4 Å². The number of aliphatic imine (C=N–C) groups is 1. The molecule has 1 aromatic carbocycles. The molecule has 0 amide bonds. The Labute approximate surface area is 175 Å². The SMILES string of the molecule is Oc1c(C=NC2CCC2)cccc1C12CC3CC(CC(C3)C1)C2.[Cl][Zr][Cl]. The number of benzene rings is 1. The van der Waals surface area contributed by atoms with Gasteiger partial charge >= 0.3 is 37.9 Å². The van der Waals surface area contributed by atoms with E-state index in [9.17, 15) is 5.11 Å². The Balaban J connectivity index is 0.000000527. The molecule has 5 fully saturated rings. The van der Waals surface area contributed by atoms with E-state index in [4.69, 9.17) is 17.0 Å². The molecule has 0 spiro atoms. The van der Waals surface area contributed by atoms with Crippen molar-refractivity contribution >= 4 is 23.2 Å². The topological polar surface area (TPSA) is 32.6 Å². The van der Waals surface area contributed by atoms with Gasteiger partial charge in [-0.2, -0.15) is 0 Å². The molecule has 1 N–H and O–H groups in total. The summed E-state index contributed by atoms with van der Waals surface area (Å²) < 4.78 is 0. The van der Waals surface area contributed by atoms with Crippen molar-refractivity contribution < 1.29 is 26.0 Å². The third-order valence-electron chi connectivity index (χ3n) is 7.18. The second-order valence-corrected chi connectivity index (χ2v) is 12.6. The Morgan fingerprint density at radius 2 is 1.62 bits per heavy atom. The van der Waals surface area contributed by atoms with Crippen LogP contribution in [0, 0.1) is 17.8 Å². The van der Waals surface area contributed by atoms with Gasteiger partial charge in [0.05, 0.1) is 0 Å². The average molecular weight is 472 g/mol. The van der Waals surface area contributed by atoms with Crippen molar-refractivity contribution in [3.63, 3.8) is 0 Å². The molecule has 0 radical (unpaired) electrons. The predicted molar refractivity (Wildman–Crippen MR) is 105 cm³/mol. The minimum absolute atomic E-state index is 0.263. The number of aromatic hydroxyl groups is 1. The van der Waals surface area contributed by atoms with E-state index in [1.807, 2.05) is 12.3 Å². The summed E-state index contributed by atoms with van der Waals surface area (Å²) in [7, 11) is 9.87. The number of rotatable bonds is 3. The summed E-state index contributed by atoms with van der Waals surface area (Å²) in [6, 6.07) is 6.86. The number of hydrogen-bond donors (Lipinski definition) is 1. The molecule has 5 aliphatic carbocycles. The van der Waals surface area contributed by atoms with Crippen molar-refractivity contribution in [1.82, 2.24) is 0 Å². The van der Waals surface area contributed by atoms with E-state index in [2.05, 4.69) is 17.1 Å². The molecule has 4 bridgehead atoms. The zero-order valence-corrected chi connectivity index (χ0v) is 19.1. The van der Waals surface area contributed by atoms with E-state index in [0.717, 1.165) is 23.3 Å². The van der Waals surface area contributed by atoms with Crippen molar-refractivity contribution in [2.24, 2.45) is 22.7 Å². The minimum atomic E-state index is -0.826. The second-order valence-electron chi connectivity index (χ2n) is 8.88. The third-order valence-corrected chi connectivity index (χ3v) is 7.18.